The highest BCUT2D eigenvalue weighted by Crippen LogP contribution is 2.23. The van der Waals surface area contributed by atoms with Crippen molar-refractivity contribution in [3.05, 3.63) is 55.2 Å². The van der Waals surface area contributed by atoms with E-state index < -0.39 is 17.1 Å². The molecule has 26 heavy (non-hydrogen) atoms. The zero-order valence-corrected chi connectivity index (χ0v) is 15.1. The van der Waals surface area contributed by atoms with Crippen molar-refractivity contribution in [3.63, 3.8) is 0 Å². The van der Waals surface area contributed by atoms with Crippen LogP contribution >= 0.6 is 0 Å². The van der Waals surface area contributed by atoms with E-state index in [1.807, 2.05) is 32.9 Å². The van der Waals surface area contributed by atoms with Gasteiger partial charge in [0.15, 0.2) is 0 Å². The average molecular weight is 358 g/mol. The second-order valence-electron chi connectivity index (χ2n) is 6.39. The fraction of sp³-hybridized carbons (Fsp3) is 0.389. The molecule has 2 N–H and O–H groups in total. The topological polar surface area (TPSA) is 99.9 Å². The van der Waals surface area contributed by atoms with Gasteiger partial charge in [-0.3, -0.25) is 14.8 Å². The number of hydrogen-bond donors (Lipinski definition) is 2. The molecule has 0 saturated carbocycles. The molecule has 1 aromatic carbocycles. The van der Waals surface area contributed by atoms with Crippen molar-refractivity contribution in [1.82, 2.24) is 14.6 Å². The first-order chi connectivity index (χ1) is 12.4. The van der Waals surface area contributed by atoms with Crippen molar-refractivity contribution in [2.75, 3.05) is 26.3 Å². The van der Waals surface area contributed by atoms with Crippen LogP contribution in [0.25, 0.3) is 5.69 Å². The number of aryl methyl sites for hydroxylation is 3. The Labute approximate surface area is 150 Å². The molecular weight excluding hydrogens is 336 g/mol. The number of hydrazone groups is 1. The summed E-state index contributed by atoms with van der Waals surface area (Å²) in [6.45, 7) is 7.99. The molecule has 1 aliphatic rings. The third-order valence-electron chi connectivity index (χ3n) is 4.32. The maximum Gasteiger partial charge on any atom is 0.335 e. The SMILES string of the molecule is Cc1cc(C)c(-n2c(O)c(C=NN3CCOCC3)c(=O)[nH]c2=O)c(C)c1. The first-order valence-electron chi connectivity index (χ1n) is 8.41. The summed E-state index contributed by atoms with van der Waals surface area (Å²) in [7, 11) is 0. The number of aromatic hydroxyl groups is 1. The Hall–Kier alpha value is -2.87. The molecule has 8 heteroatoms. The number of nitrogens with one attached hydrogen (secondary N) is 1. The van der Waals surface area contributed by atoms with Gasteiger partial charge in [-0.05, 0) is 31.9 Å². The van der Waals surface area contributed by atoms with Crippen molar-refractivity contribution in [2.24, 2.45) is 5.10 Å². The Morgan fingerprint density at radius 3 is 2.38 bits per heavy atom. The van der Waals surface area contributed by atoms with Crippen molar-refractivity contribution < 1.29 is 9.84 Å². The van der Waals surface area contributed by atoms with Crippen LogP contribution in [0, 0.1) is 20.8 Å². The number of ether oxygens (including phenoxy) is 1. The summed E-state index contributed by atoms with van der Waals surface area (Å²) in [5.74, 6) is -0.425. The quantitative estimate of drug-likeness (QED) is 0.792. The number of H-pyrrole nitrogens is 1. The molecule has 1 aromatic heterocycles. The Balaban J connectivity index is 2.12. The zero-order chi connectivity index (χ0) is 18.8. The molecule has 0 atom stereocenters. The molecule has 3 rings (SSSR count). The van der Waals surface area contributed by atoms with Crippen LogP contribution in [-0.2, 0) is 4.74 Å². The van der Waals surface area contributed by atoms with Crippen LogP contribution in [0.1, 0.15) is 22.3 Å². The van der Waals surface area contributed by atoms with Gasteiger partial charge in [-0.25, -0.2) is 9.36 Å². The van der Waals surface area contributed by atoms with Crippen LogP contribution in [-0.4, -0.2) is 52.2 Å². The first-order valence-corrected chi connectivity index (χ1v) is 8.41. The Morgan fingerprint density at radius 2 is 1.77 bits per heavy atom. The fourth-order valence-electron chi connectivity index (χ4n) is 3.20. The minimum atomic E-state index is -0.689. The second-order valence-corrected chi connectivity index (χ2v) is 6.39. The van der Waals surface area contributed by atoms with E-state index >= 15 is 0 Å². The lowest BCUT2D eigenvalue weighted by molar-refractivity contribution is 0.0396. The summed E-state index contributed by atoms with van der Waals surface area (Å²) >= 11 is 0. The maximum absolute atomic E-state index is 12.4. The minimum absolute atomic E-state index is 0.0598. The standard InChI is InChI=1S/C18H22N4O4/c1-11-8-12(2)15(13(3)9-11)22-17(24)14(16(23)20-18(22)25)10-19-21-4-6-26-7-5-21/h8-10,24H,4-7H2,1-3H3,(H,20,23,25). The number of aromatic nitrogens is 2. The highest BCUT2D eigenvalue weighted by Gasteiger charge is 2.18. The van der Waals surface area contributed by atoms with Crippen LogP contribution in [0.15, 0.2) is 26.8 Å². The van der Waals surface area contributed by atoms with Crippen molar-refractivity contribution in [2.45, 2.75) is 20.8 Å². The molecule has 1 saturated heterocycles. The summed E-state index contributed by atoms with van der Waals surface area (Å²) in [5, 5.41) is 16.6. The van der Waals surface area contributed by atoms with Gasteiger partial charge in [0.2, 0.25) is 5.88 Å². The number of aromatic amines is 1. The largest absolute Gasteiger partial charge is 0.493 e. The highest BCUT2D eigenvalue weighted by atomic mass is 16.5. The van der Waals surface area contributed by atoms with Crippen molar-refractivity contribution in [1.29, 1.82) is 0 Å². The van der Waals surface area contributed by atoms with E-state index in [1.165, 1.54) is 6.21 Å². The lowest BCUT2D eigenvalue weighted by Crippen LogP contribution is -2.34. The first kappa shape index (κ1) is 17.9. The Morgan fingerprint density at radius 1 is 1.15 bits per heavy atom. The van der Waals surface area contributed by atoms with Gasteiger partial charge in [-0.1, -0.05) is 17.7 Å². The molecule has 0 aliphatic carbocycles. The molecule has 1 aliphatic heterocycles. The molecule has 1 fully saturated rings. The van der Waals surface area contributed by atoms with Crippen LogP contribution in [0.3, 0.4) is 0 Å². The van der Waals surface area contributed by atoms with Gasteiger partial charge >= 0.3 is 5.69 Å². The maximum atomic E-state index is 12.4. The highest BCUT2D eigenvalue weighted by molar-refractivity contribution is 5.82. The van der Waals surface area contributed by atoms with Crippen LogP contribution in [0.5, 0.6) is 5.88 Å². The van der Waals surface area contributed by atoms with Gasteiger partial charge < -0.3 is 9.84 Å². The van der Waals surface area contributed by atoms with E-state index in [2.05, 4.69) is 10.1 Å². The third-order valence-corrected chi connectivity index (χ3v) is 4.32. The van der Waals surface area contributed by atoms with Crippen molar-refractivity contribution in [3.8, 4) is 11.6 Å². The predicted molar refractivity (Wildman–Crippen MR) is 98.5 cm³/mol. The lowest BCUT2D eigenvalue weighted by Gasteiger charge is -2.23. The number of benzene rings is 1. The van der Waals surface area contributed by atoms with E-state index in [0.29, 0.717) is 32.0 Å². The lowest BCUT2D eigenvalue weighted by atomic mass is 10.0. The summed E-state index contributed by atoms with van der Waals surface area (Å²) in [6, 6.07) is 3.83. The molecule has 2 aromatic rings. The van der Waals surface area contributed by atoms with Crippen molar-refractivity contribution >= 4 is 6.21 Å². The number of rotatable bonds is 3. The number of hydrogen-bond acceptors (Lipinski definition) is 6. The molecule has 138 valence electrons. The Kier molecular flexibility index (Phi) is 4.94. The Bertz CT molecular complexity index is 945. The van der Waals surface area contributed by atoms with Gasteiger partial charge in [-0.15, -0.1) is 0 Å². The normalized spacial score (nSPS) is 15.0. The summed E-state index contributed by atoms with van der Waals surface area (Å²) in [4.78, 5) is 26.8. The van der Waals surface area contributed by atoms with Gasteiger partial charge in [-0.2, -0.15) is 5.10 Å². The van der Waals surface area contributed by atoms with Gasteiger partial charge in [0.25, 0.3) is 5.56 Å². The molecular formula is C18H22N4O4. The summed E-state index contributed by atoms with van der Waals surface area (Å²) in [6.07, 6.45) is 1.29. The summed E-state index contributed by atoms with van der Waals surface area (Å²) < 4.78 is 6.37. The second kappa shape index (κ2) is 7.17. The smallest absolute Gasteiger partial charge is 0.335 e. The molecule has 8 nitrogen and oxygen atoms in total. The predicted octanol–water partition coefficient (Wildman–Crippen LogP) is 0.823. The minimum Gasteiger partial charge on any atom is -0.493 e. The molecule has 0 unspecified atom stereocenters. The average Bonchev–Trinajstić information content (AvgIpc) is 2.57. The third kappa shape index (κ3) is 3.41. The zero-order valence-electron chi connectivity index (χ0n) is 15.1. The van der Waals surface area contributed by atoms with Gasteiger partial charge in [0.05, 0.1) is 38.2 Å². The van der Waals surface area contributed by atoms with E-state index in [4.69, 9.17) is 4.74 Å². The monoisotopic (exact) mass is 358 g/mol. The van der Waals surface area contributed by atoms with E-state index in [-0.39, 0.29) is 5.56 Å². The van der Waals surface area contributed by atoms with E-state index in [9.17, 15) is 14.7 Å². The van der Waals surface area contributed by atoms with Crippen LogP contribution in [0.2, 0.25) is 0 Å². The molecule has 0 radical (unpaired) electrons. The van der Waals surface area contributed by atoms with E-state index in [0.717, 1.165) is 21.3 Å². The molecule has 2 heterocycles. The molecule has 0 bridgehead atoms. The van der Waals surface area contributed by atoms with E-state index in [1.54, 1.807) is 5.01 Å². The van der Waals surface area contributed by atoms with Crippen LogP contribution in [0.4, 0.5) is 0 Å². The number of morpholine rings is 1. The summed E-state index contributed by atoms with van der Waals surface area (Å²) in [5.41, 5.74) is 1.82. The number of nitrogens with zero attached hydrogens (tertiary/aromatic N) is 3. The van der Waals surface area contributed by atoms with Gasteiger partial charge in [0, 0.05) is 0 Å². The fourth-order valence-corrected chi connectivity index (χ4v) is 3.20. The van der Waals surface area contributed by atoms with Gasteiger partial charge in [0.1, 0.15) is 5.56 Å². The molecule has 0 amide bonds. The molecule has 0 spiro atoms. The van der Waals surface area contributed by atoms with Crippen LogP contribution < -0.4 is 11.2 Å².